The predicted molar refractivity (Wildman–Crippen MR) is 106 cm³/mol. The first kappa shape index (κ1) is 19.9. The van der Waals surface area contributed by atoms with E-state index in [2.05, 4.69) is 28.4 Å². The van der Waals surface area contributed by atoms with Crippen molar-refractivity contribution >= 4 is 5.91 Å². The lowest BCUT2D eigenvalue weighted by Gasteiger charge is -2.33. The van der Waals surface area contributed by atoms with E-state index in [9.17, 15) is 4.79 Å². The molecule has 6 nitrogen and oxygen atoms in total. The Morgan fingerprint density at radius 3 is 2.75 bits per heavy atom. The smallest absolute Gasteiger partial charge is 0.260 e. The quantitative estimate of drug-likeness (QED) is 0.799. The number of hydrogen-bond acceptors (Lipinski definition) is 5. The van der Waals surface area contributed by atoms with Crippen LogP contribution in [0, 0.1) is 11.3 Å². The minimum Gasteiger partial charge on any atom is -0.481 e. The van der Waals surface area contributed by atoms with Gasteiger partial charge in [-0.25, -0.2) is 0 Å². The summed E-state index contributed by atoms with van der Waals surface area (Å²) in [6.45, 7) is 5.36. The number of carbonyl (C=O) groups is 1. The largest absolute Gasteiger partial charge is 0.481 e. The molecule has 28 heavy (non-hydrogen) atoms. The molecule has 0 bridgehead atoms. The van der Waals surface area contributed by atoms with E-state index in [1.54, 1.807) is 31.2 Å². The summed E-state index contributed by atoms with van der Waals surface area (Å²) < 4.78 is 11.4. The molecule has 1 aliphatic rings. The van der Waals surface area contributed by atoms with Gasteiger partial charge >= 0.3 is 0 Å². The molecule has 2 aromatic rings. The number of nitrogens with one attached hydrogen (secondary N) is 1. The topological polar surface area (TPSA) is 74.6 Å². The summed E-state index contributed by atoms with van der Waals surface area (Å²) >= 11 is 0. The Morgan fingerprint density at radius 2 is 2.04 bits per heavy atom. The molecular formula is C22H25N3O3. The molecule has 1 amide bonds. The van der Waals surface area contributed by atoms with Gasteiger partial charge in [0.2, 0.25) is 0 Å². The molecule has 3 rings (SSSR count). The summed E-state index contributed by atoms with van der Waals surface area (Å²) in [6.07, 6.45) is -0.666. The maximum absolute atomic E-state index is 12.3. The fraction of sp³-hybridized carbons (Fsp3) is 0.364. The van der Waals surface area contributed by atoms with Gasteiger partial charge in [0.05, 0.1) is 24.3 Å². The summed E-state index contributed by atoms with van der Waals surface area (Å²) in [4.78, 5) is 14.7. The number of ether oxygens (including phenoxy) is 2. The van der Waals surface area contributed by atoms with Crippen LogP contribution in [0.4, 0.5) is 0 Å². The monoisotopic (exact) mass is 379 g/mol. The van der Waals surface area contributed by atoms with Crippen molar-refractivity contribution in [1.82, 2.24) is 10.2 Å². The van der Waals surface area contributed by atoms with E-state index in [1.165, 1.54) is 5.56 Å². The summed E-state index contributed by atoms with van der Waals surface area (Å²) in [7, 11) is 0. The normalized spacial score (nSPS) is 18.1. The van der Waals surface area contributed by atoms with E-state index in [0.29, 0.717) is 24.5 Å². The zero-order valence-electron chi connectivity index (χ0n) is 16.0. The standard InChI is InChI=1S/C22H25N3O3/c1-17(28-20-9-7-18(13-23)8-10-20)22(26)24-14-21-16-25(11-12-27-21)15-19-5-3-2-4-6-19/h2-10,17,21H,11-12,14-16H2,1H3,(H,24,26). The lowest BCUT2D eigenvalue weighted by atomic mass is 10.2. The molecule has 0 saturated carbocycles. The van der Waals surface area contributed by atoms with Crippen molar-refractivity contribution in [3.05, 3.63) is 65.7 Å². The Morgan fingerprint density at radius 1 is 1.29 bits per heavy atom. The van der Waals surface area contributed by atoms with Gasteiger partial charge in [-0.05, 0) is 36.8 Å². The van der Waals surface area contributed by atoms with Crippen LogP contribution >= 0.6 is 0 Å². The number of amides is 1. The van der Waals surface area contributed by atoms with Crippen LogP contribution < -0.4 is 10.1 Å². The fourth-order valence-corrected chi connectivity index (χ4v) is 3.11. The van der Waals surface area contributed by atoms with Crippen LogP contribution in [0.1, 0.15) is 18.1 Å². The Hall–Kier alpha value is -2.88. The lowest BCUT2D eigenvalue weighted by molar-refractivity contribution is -0.128. The molecule has 1 fully saturated rings. The van der Waals surface area contributed by atoms with Crippen LogP contribution in [0.5, 0.6) is 5.75 Å². The van der Waals surface area contributed by atoms with Crippen molar-refractivity contribution in [2.45, 2.75) is 25.7 Å². The van der Waals surface area contributed by atoms with E-state index >= 15 is 0 Å². The Labute approximate surface area is 165 Å². The summed E-state index contributed by atoms with van der Waals surface area (Å²) in [5.74, 6) is 0.373. The second-order valence-electron chi connectivity index (χ2n) is 6.85. The van der Waals surface area contributed by atoms with E-state index in [0.717, 1.165) is 19.6 Å². The number of carbonyl (C=O) groups excluding carboxylic acids is 1. The summed E-state index contributed by atoms with van der Waals surface area (Å²) in [5, 5.41) is 11.7. The minimum absolute atomic E-state index is 0.0384. The fourth-order valence-electron chi connectivity index (χ4n) is 3.11. The molecule has 1 saturated heterocycles. The molecule has 2 aromatic carbocycles. The number of benzene rings is 2. The van der Waals surface area contributed by atoms with Crippen LogP contribution in [0.3, 0.4) is 0 Å². The molecular weight excluding hydrogens is 354 g/mol. The van der Waals surface area contributed by atoms with Gasteiger partial charge in [-0.1, -0.05) is 30.3 Å². The second kappa shape index (κ2) is 9.88. The summed E-state index contributed by atoms with van der Waals surface area (Å²) in [6, 6.07) is 19.1. The van der Waals surface area contributed by atoms with Gasteiger partial charge in [-0.2, -0.15) is 5.26 Å². The third-order valence-electron chi connectivity index (χ3n) is 4.64. The van der Waals surface area contributed by atoms with Crippen LogP contribution in [0.15, 0.2) is 54.6 Å². The molecule has 0 aliphatic carbocycles. The number of nitriles is 1. The number of hydrogen-bond donors (Lipinski definition) is 1. The van der Waals surface area contributed by atoms with Crippen LogP contribution in [-0.2, 0) is 16.1 Å². The van der Waals surface area contributed by atoms with Gasteiger partial charge in [0, 0.05) is 26.2 Å². The zero-order valence-corrected chi connectivity index (χ0v) is 16.0. The molecule has 2 unspecified atom stereocenters. The minimum atomic E-state index is -0.628. The molecule has 146 valence electrons. The zero-order chi connectivity index (χ0) is 19.8. The average Bonchev–Trinajstić information content (AvgIpc) is 2.73. The van der Waals surface area contributed by atoms with Crippen molar-refractivity contribution in [3.8, 4) is 11.8 Å². The summed E-state index contributed by atoms with van der Waals surface area (Å²) in [5.41, 5.74) is 1.83. The van der Waals surface area contributed by atoms with E-state index < -0.39 is 6.10 Å². The van der Waals surface area contributed by atoms with Crippen LogP contribution in [0.25, 0.3) is 0 Å². The maximum Gasteiger partial charge on any atom is 0.260 e. The van der Waals surface area contributed by atoms with E-state index in [1.807, 2.05) is 18.2 Å². The first-order valence-electron chi connectivity index (χ1n) is 9.46. The number of nitrogens with zero attached hydrogens (tertiary/aromatic N) is 2. The van der Waals surface area contributed by atoms with Gasteiger partial charge in [-0.15, -0.1) is 0 Å². The molecule has 1 heterocycles. The van der Waals surface area contributed by atoms with Crippen LogP contribution in [-0.4, -0.2) is 49.3 Å². The van der Waals surface area contributed by atoms with Crippen molar-refractivity contribution in [1.29, 1.82) is 5.26 Å². The first-order valence-corrected chi connectivity index (χ1v) is 9.46. The SMILES string of the molecule is CC(Oc1ccc(C#N)cc1)C(=O)NCC1CN(Cc2ccccc2)CCO1. The third-order valence-corrected chi connectivity index (χ3v) is 4.64. The Balaban J connectivity index is 1.43. The van der Waals surface area contributed by atoms with Gasteiger partial charge in [0.25, 0.3) is 5.91 Å². The maximum atomic E-state index is 12.3. The molecule has 1 aliphatic heterocycles. The number of morpholine rings is 1. The highest BCUT2D eigenvalue weighted by atomic mass is 16.5. The molecule has 0 radical (unpaired) electrons. The molecule has 0 aromatic heterocycles. The van der Waals surface area contributed by atoms with Crippen LogP contribution in [0.2, 0.25) is 0 Å². The highest BCUT2D eigenvalue weighted by molar-refractivity contribution is 5.80. The molecule has 2 atom stereocenters. The van der Waals surface area contributed by atoms with Crippen molar-refractivity contribution in [2.24, 2.45) is 0 Å². The number of rotatable bonds is 7. The lowest BCUT2D eigenvalue weighted by Crippen LogP contribution is -2.48. The molecule has 0 spiro atoms. The highest BCUT2D eigenvalue weighted by Crippen LogP contribution is 2.14. The molecule has 6 heteroatoms. The van der Waals surface area contributed by atoms with Crippen molar-refractivity contribution in [3.63, 3.8) is 0 Å². The van der Waals surface area contributed by atoms with Gasteiger partial charge in [0.1, 0.15) is 5.75 Å². The van der Waals surface area contributed by atoms with E-state index in [-0.39, 0.29) is 12.0 Å². The first-order chi connectivity index (χ1) is 13.6. The highest BCUT2D eigenvalue weighted by Gasteiger charge is 2.22. The van der Waals surface area contributed by atoms with Gasteiger partial charge in [-0.3, -0.25) is 9.69 Å². The van der Waals surface area contributed by atoms with Crippen molar-refractivity contribution in [2.75, 3.05) is 26.2 Å². The van der Waals surface area contributed by atoms with Crippen molar-refractivity contribution < 1.29 is 14.3 Å². The predicted octanol–water partition coefficient (Wildman–Crippen LogP) is 2.34. The van der Waals surface area contributed by atoms with E-state index in [4.69, 9.17) is 14.7 Å². The van der Waals surface area contributed by atoms with Gasteiger partial charge < -0.3 is 14.8 Å². The Bertz CT molecular complexity index is 802. The third kappa shape index (κ3) is 5.81. The Kier molecular flexibility index (Phi) is 7.01. The average molecular weight is 379 g/mol. The second-order valence-corrected chi connectivity index (χ2v) is 6.85. The van der Waals surface area contributed by atoms with Gasteiger partial charge in [0.15, 0.2) is 6.10 Å². The molecule has 1 N–H and O–H groups in total.